The zero-order chi connectivity index (χ0) is 13.7. The van der Waals surface area contributed by atoms with Crippen molar-refractivity contribution in [1.29, 1.82) is 0 Å². The van der Waals surface area contributed by atoms with E-state index in [2.05, 4.69) is 20.6 Å². The Kier molecular flexibility index (Phi) is 4.02. The highest BCUT2D eigenvalue weighted by Gasteiger charge is 2.04. The van der Waals surface area contributed by atoms with Crippen LogP contribution in [0.15, 0.2) is 30.6 Å². The summed E-state index contributed by atoms with van der Waals surface area (Å²) in [6, 6.07) is 5.83. The first-order valence-corrected chi connectivity index (χ1v) is 5.89. The molecule has 0 fully saturated rings. The first-order chi connectivity index (χ1) is 9.22. The van der Waals surface area contributed by atoms with E-state index >= 15 is 0 Å². The third-order valence-corrected chi connectivity index (χ3v) is 2.67. The average Bonchev–Trinajstić information content (AvgIpc) is 2.46. The SMILES string of the molecule is CNc1ccc(OC)c(NCc2cnc(N)cn2)c1. The molecule has 0 aliphatic rings. The van der Waals surface area contributed by atoms with Gasteiger partial charge in [0.25, 0.3) is 0 Å². The quantitative estimate of drug-likeness (QED) is 0.758. The Morgan fingerprint density at radius 2 is 2.11 bits per heavy atom. The van der Waals surface area contributed by atoms with Gasteiger partial charge in [-0.25, -0.2) is 4.98 Å². The van der Waals surface area contributed by atoms with E-state index in [1.807, 2.05) is 25.2 Å². The number of anilines is 3. The van der Waals surface area contributed by atoms with E-state index in [9.17, 15) is 0 Å². The fourth-order valence-electron chi connectivity index (χ4n) is 1.64. The average molecular weight is 259 g/mol. The Bertz CT molecular complexity index is 541. The minimum atomic E-state index is 0.415. The van der Waals surface area contributed by atoms with Gasteiger partial charge < -0.3 is 21.1 Å². The third kappa shape index (κ3) is 3.25. The monoisotopic (exact) mass is 259 g/mol. The number of nitrogens with one attached hydrogen (secondary N) is 2. The molecule has 0 saturated heterocycles. The second-order valence-corrected chi connectivity index (χ2v) is 3.95. The molecule has 4 N–H and O–H groups in total. The predicted molar refractivity (Wildman–Crippen MR) is 76.3 cm³/mol. The van der Waals surface area contributed by atoms with Crippen molar-refractivity contribution in [2.24, 2.45) is 0 Å². The van der Waals surface area contributed by atoms with Crippen LogP contribution in [0.1, 0.15) is 5.69 Å². The number of hydrogen-bond acceptors (Lipinski definition) is 6. The van der Waals surface area contributed by atoms with Crippen molar-refractivity contribution in [2.75, 3.05) is 30.5 Å². The second-order valence-electron chi connectivity index (χ2n) is 3.95. The van der Waals surface area contributed by atoms with Crippen LogP contribution in [0.4, 0.5) is 17.2 Å². The molecule has 1 heterocycles. The molecule has 6 nitrogen and oxygen atoms in total. The van der Waals surface area contributed by atoms with Crippen LogP contribution >= 0.6 is 0 Å². The number of ether oxygens (including phenoxy) is 1. The summed E-state index contributed by atoms with van der Waals surface area (Å²) in [7, 11) is 3.51. The molecule has 2 aromatic rings. The molecular formula is C13H17N5O. The summed E-state index contributed by atoms with van der Waals surface area (Å²) in [6.07, 6.45) is 3.19. The maximum atomic E-state index is 5.50. The zero-order valence-corrected chi connectivity index (χ0v) is 11.0. The van der Waals surface area contributed by atoms with Crippen molar-refractivity contribution in [1.82, 2.24) is 9.97 Å². The summed E-state index contributed by atoms with van der Waals surface area (Å²) in [5.74, 6) is 1.20. The van der Waals surface area contributed by atoms with Crippen LogP contribution < -0.4 is 21.1 Å². The summed E-state index contributed by atoms with van der Waals surface area (Å²) < 4.78 is 5.31. The summed E-state index contributed by atoms with van der Waals surface area (Å²) in [5, 5.41) is 6.35. The first kappa shape index (κ1) is 12.9. The molecule has 1 aromatic carbocycles. The van der Waals surface area contributed by atoms with Crippen LogP contribution in [0.25, 0.3) is 0 Å². The lowest BCUT2D eigenvalue weighted by Crippen LogP contribution is -2.05. The Morgan fingerprint density at radius 1 is 1.26 bits per heavy atom. The summed E-state index contributed by atoms with van der Waals surface area (Å²) >= 11 is 0. The van der Waals surface area contributed by atoms with Gasteiger partial charge >= 0.3 is 0 Å². The Morgan fingerprint density at radius 3 is 2.74 bits per heavy atom. The molecule has 0 bridgehead atoms. The fraction of sp³-hybridized carbons (Fsp3) is 0.231. The Balaban J connectivity index is 2.11. The summed E-state index contributed by atoms with van der Waals surface area (Å²) in [5.41, 5.74) is 8.21. The Labute approximate surface area is 112 Å². The molecule has 19 heavy (non-hydrogen) atoms. The van der Waals surface area contributed by atoms with Gasteiger partial charge in [0.15, 0.2) is 0 Å². The van der Waals surface area contributed by atoms with Gasteiger partial charge in [0.1, 0.15) is 11.6 Å². The van der Waals surface area contributed by atoms with E-state index in [1.54, 1.807) is 13.3 Å². The number of nitrogens with two attached hydrogens (primary N) is 1. The molecule has 0 atom stereocenters. The van der Waals surface area contributed by atoms with Crippen molar-refractivity contribution in [3.05, 3.63) is 36.3 Å². The first-order valence-electron chi connectivity index (χ1n) is 5.89. The van der Waals surface area contributed by atoms with Gasteiger partial charge in [-0.3, -0.25) is 4.98 Å². The minimum Gasteiger partial charge on any atom is -0.495 e. The molecule has 1 aromatic heterocycles. The second kappa shape index (κ2) is 5.90. The van der Waals surface area contributed by atoms with Crippen LogP contribution in [0, 0.1) is 0 Å². The lowest BCUT2D eigenvalue weighted by Gasteiger charge is -2.12. The molecule has 2 rings (SSSR count). The maximum absolute atomic E-state index is 5.50. The molecule has 0 radical (unpaired) electrons. The maximum Gasteiger partial charge on any atom is 0.142 e. The van der Waals surface area contributed by atoms with E-state index < -0.39 is 0 Å². The largest absolute Gasteiger partial charge is 0.495 e. The van der Waals surface area contributed by atoms with Crippen LogP contribution in [0.3, 0.4) is 0 Å². The number of nitrogens with zero attached hydrogens (tertiary/aromatic N) is 2. The van der Waals surface area contributed by atoms with Gasteiger partial charge in [-0.15, -0.1) is 0 Å². The standard InChI is InChI=1S/C13H17N5O/c1-15-9-3-4-12(19-2)11(5-9)17-6-10-7-18-13(14)8-16-10/h3-5,7-8,15,17H,6H2,1-2H3,(H2,14,18). The Hall–Kier alpha value is -2.50. The van der Waals surface area contributed by atoms with Crippen molar-refractivity contribution in [3.63, 3.8) is 0 Å². The molecule has 0 saturated carbocycles. The van der Waals surface area contributed by atoms with Crippen LogP contribution in [-0.2, 0) is 6.54 Å². The van der Waals surface area contributed by atoms with E-state index in [0.29, 0.717) is 12.4 Å². The van der Waals surface area contributed by atoms with Gasteiger partial charge in [-0.1, -0.05) is 0 Å². The highest BCUT2D eigenvalue weighted by Crippen LogP contribution is 2.27. The van der Waals surface area contributed by atoms with Crippen LogP contribution in [-0.4, -0.2) is 24.1 Å². The van der Waals surface area contributed by atoms with E-state index in [-0.39, 0.29) is 0 Å². The van der Waals surface area contributed by atoms with Crippen LogP contribution in [0.5, 0.6) is 5.75 Å². The fourth-order valence-corrected chi connectivity index (χ4v) is 1.64. The number of benzene rings is 1. The normalized spacial score (nSPS) is 10.0. The number of aromatic nitrogens is 2. The lowest BCUT2D eigenvalue weighted by atomic mass is 10.2. The highest BCUT2D eigenvalue weighted by atomic mass is 16.5. The smallest absolute Gasteiger partial charge is 0.142 e. The van der Waals surface area contributed by atoms with E-state index in [4.69, 9.17) is 10.5 Å². The van der Waals surface area contributed by atoms with Gasteiger partial charge in [-0.2, -0.15) is 0 Å². The number of methoxy groups -OCH3 is 1. The minimum absolute atomic E-state index is 0.415. The van der Waals surface area contributed by atoms with Crippen molar-refractivity contribution in [3.8, 4) is 5.75 Å². The number of nitrogen functional groups attached to an aromatic ring is 1. The molecule has 0 unspecified atom stereocenters. The van der Waals surface area contributed by atoms with Crippen LogP contribution in [0.2, 0.25) is 0 Å². The molecular weight excluding hydrogens is 242 g/mol. The van der Waals surface area contributed by atoms with Crippen molar-refractivity contribution < 1.29 is 4.74 Å². The van der Waals surface area contributed by atoms with E-state index in [1.165, 1.54) is 6.20 Å². The number of hydrogen-bond donors (Lipinski definition) is 3. The third-order valence-electron chi connectivity index (χ3n) is 2.67. The van der Waals surface area contributed by atoms with Gasteiger partial charge in [0, 0.05) is 12.7 Å². The molecule has 6 heteroatoms. The molecule has 0 amide bonds. The topological polar surface area (TPSA) is 85.1 Å². The highest BCUT2D eigenvalue weighted by molar-refractivity contribution is 5.64. The predicted octanol–water partition coefficient (Wildman–Crippen LogP) is 1.72. The molecule has 100 valence electrons. The molecule has 0 spiro atoms. The molecule has 0 aliphatic carbocycles. The lowest BCUT2D eigenvalue weighted by molar-refractivity contribution is 0.416. The number of rotatable bonds is 5. The van der Waals surface area contributed by atoms with Gasteiger partial charge in [0.05, 0.1) is 37.4 Å². The summed E-state index contributed by atoms with van der Waals surface area (Å²) in [4.78, 5) is 8.18. The van der Waals surface area contributed by atoms with Crippen molar-refractivity contribution >= 4 is 17.2 Å². The van der Waals surface area contributed by atoms with Gasteiger partial charge in [-0.05, 0) is 18.2 Å². The van der Waals surface area contributed by atoms with E-state index in [0.717, 1.165) is 22.8 Å². The van der Waals surface area contributed by atoms with Crippen molar-refractivity contribution in [2.45, 2.75) is 6.54 Å². The molecule has 0 aliphatic heterocycles. The zero-order valence-electron chi connectivity index (χ0n) is 11.0. The summed E-state index contributed by atoms with van der Waals surface area (Å²) in [6.45, 7) is 0.552. The van der Waals surface area contributed by atoms with Gasteiger partial charge in [0.2, 0.25) is 0 Å².